The molecular weight excluding hydrogens is 745 g/mol. The molecule has 2 amide bonds. The van der Waals surface area contributed by atoms with Crippen LogP contribution in [0.25, 0.3) is 6.08 Å². The number of esters is 1. The first-order chi connectivity index (χ1) is 25.8. The van der Waals surface area contributed by atoms with Gasteiger partial charge >= 0.3 is 5.97 Å². The number of thioether (sulfide) groups is 1. The van der Waals surface area contributed by atoms with E-state index < -0.39 is 27.1 Å². The maximum Gasteiger partial charge on any atom is 0.342 e. The fraction of sp³-hybridized carbons (Fsp3) is 0.700. The molecule has 1 aliphatic heterocycles. The minimum absolute atomic E-state index is 0.0425. The molecule has 0 radical (unpaired) electrons. The third kappa shape index (κ3) is 12.0. The first-order valence-corrected chi connectivity index (χ1v) is 22.3. The number of hydrogen-bond acceptors (Lipinski definition) is 10. The lowest BCUT2D eigenvalue weighted by Crippen LogP contribution is -2.41. The van der Waals surface area contributed by atoms with Crippen LogP contribution in [-0.2, 0) is 45.6 Å². The predicted molar refractivity (Wildman–Crippen MR) is 217 cm³/mol. The van der Waals surface area contributed by atoms with Crippen LogP contribution in [0.2, 0.25) is 0 Å². The third-order valence-corrected chi connectivity index (χ3v) is 13.4. The molecule has 0 bridgehead atoms. The summed E-state index contributed by atoms with van der Waals surface area (Å²) in [5.41, 5.74) is 3.22. The van der Waals surface area contributed by atoms with Gasteiger partial charge in [0.25, 0.3) is 10.1 Å². The van der Waals surface area contributed by atoms with E-state index in [0.29, 0.717) is 64.2 Å². The zero-order valence-electron chi connectivity index (χ0n) is 34.1. The fourth-order valence-corrected chi connectivity index (χ4v) is 10.4. The van der Waals surface area contributed by atoms with Gasteiger partial charge in [-0.25, -0.2) is 19.6 Å². The number of anilines is 1. The number of nitrogens with zero attached hydrogens (tertiary/aromatic N) is 1. The van der Waals surface area contributed by atoms with E-state index in [9.17, 15) is 22.8 Å². The lowest BCUT2D eigenvalue weighted by Gasteiger charge is -2.37. The van der Waals surface area contributed by atoms with Gasteiger partial charge in [0, 0.05) is 18.2 Å². The van der Waals surface area contributed by atoms with Crippen LogP contribution in [0.1, 0.15) is 118 Å². The number of hydrogen-bond donors (Lipinski definition) is 4. The highest BCUT2D eigenvalue weighted by Gasteiger charge is 2.38. The zero-order valence-corrected chi connectivity index (χ0v) is 35.7. The molecule has 3 aliphatic rings. The maximum absolute atomic E-state index is 14.1. The smallest absolute Gasteiger partial charge is 0.342 e. The molecule has 0 aromatic carbocycles. The summed E-state index contributed by atoms with van der Waals surface area (Å²) >= 11 is 1.27. The molecule has 4 N–H and O–H groups in total. The lowest BCUT2D eigenvalue weighted by atomic mass is 9.75. The number of H-pyrrole nitrogens is 1. The van der Waals surface area contributed by atoms with Crippen LogP contribution >= 0.6 is 11.8 Å². The minimum Gasteiger partial charge on any atom is -0.458 e. The van der Waals surface area contributed by atoms with Gasteiger partial charge < -0.3 is 20.4 Å². The molecule has 2 heterocycles. The number of carbonyl (C=O) groups is 3. The monoisotopic (exact) mass is 806 g/mol. The van der Waals surface area contributed by atoms with Crippen molar-refractivity contribution in [1.82, 2.24) is 10.3 Å². The van der Waals surface area contributed by atoms with Gasteiger partial charge in [-0.15, -0.1) is 11.8 Å². The molecular formula is C40H62N4O9S2. The fourth-order valence-electron chi connectivity index (χ4n) is 8.65. The second-order valence-electron chi connectivity index (χ2n) is 16.3. The number of carbonyl (C=O) groups excluding carboxylic acids is 3. The van der Waals surface area contributed by atoms with E-state index in [4.69, 9.17) is 24.1 Å². The largest absolute Gasteiger partial charge is 0.458 e. The quantitative estimate of drug-likeness (QED) is 0.0458. The van der Waals surface area contributed by atoms with Gasteiger partial charge in [0.15, 0.2) is 0 Å². The van der Waals surface area contributed by atoms with E-state index in [1.807, 2.05) is 13.8 Å². The summed E-state index contributed by atoms with van der Waals surface area (Å²) in [6.45, 7) is 20.0. The van der Waals surface area contributed by atoms with Crippen molar-refractivity contribution in [3.63, 3.8) is 0 Å². The number of ether oxygens (including phenoxy) is 1. The molecule has 0 spiro atoms. The Morgan fingerprint density at radius 2 is 1.55 bits per heavy atom. The van der Waals surface area contributed by atoms with Crippen LogP contribution in [-0.4, -0.2) is 70.5 Å². The molecule has 0 saturated heterocycles. The zero-order chi connectivity index (χ0) is 40.8. The Morgan fingerprint density at radius 1 is 0.964 bits per heavy atom. The number of aliphatic imine (C=N–C) groups is 1. The summed E-state index contributed by atoms with van der Waals surface area (Å²) in [5, 5.41) is 5.18. The van der Waals surface area contributed by atoms with Crippen LogP contribution in [0.4, 0.5) is 5.82 Å². The number of aromatic nitrogens is 1. The molecule has 15 heteroatoms. The van der Waals surface area contributed by atoms with Gasteiger partial charge in [-0.2, -0.15) is 8.42 Å². The Morgan fingerprint density at radius 3 is 2.09 bits per heavy atom. The SMILES string of the molecule is CCC(SCCCS(=O)(=O)O)C(=O)NC1=NC(=Cc2[nH]c(NC(C)=O)c(COOC3C(C)CC(C)CC3C)c2C)C(C)=C1C(=O)OC1C(C)CC(C)CC1C. The Labute approximate surface area is 331 Å². The van der Waals surface area contributed by atoms with Crippen LogP contribution in [0.5, 0.6) is 0 Å². The average molecular weight is 807 g/mol. The molecule has 55 heavy (non-hydrogen) atoms. The molecule has 5 atom stereocenters. The van der Waals surface area contributed by atoms with E-state index in [1.165, 1.54) is 18.7 Å². The highest BCUT2D eigenvalue weighted by atomic mass is 32.2. The number of rotatable bonds is 15. The van der Waals surface area contributed by atoms with Crippen molar-refractivity contribution in [2.75, 3.05) is 16.8 Å². The second-order valence-corrected chi connectivity index (χ2v) is 19.2. The third-order valence-electron chi connectivity index (χ3n) is 11.2. The molecule has 13 nitrogen and oxygen atoms in total. The van der Waals surface area contributed by atoms with Crippen molar-refractivity contribution >= 4 is 57.4 Å². The highest BCUT2D eigenvalue weighted by molar-refractivity contribution is 8.00. The van der Waals surface area contributed by atoms with Crippen molar-refractivity contribution in [2.24, 2.45) is 40.5 Å². The van der Waals surface area contributed by atoms with Crippen molar-refractivity contribution in [2.45, 2.75) is 132 Å². The van der Waals surface area contributed by atoms with Gasteiger partial charge in [-0.1, -0.05) is 48.5 Å². The van der Waals surface area contributed by atoms with E-state index in [1.54, 1.807) is 13.0 Å². The minimum atomic E-state index is -4.11. The summed E-state index contributed by atoms with van der Waals surface area (Å²) in [7, 11) is -4.11. The normalized spacial score (nSPS) is 28.6. The standard InChI is InChI=1S/C40H62N4O9S2/c1-11-33(54-13-12-14-55(48,49)50)39(46)44-38-34(40(47)52-35-23(4)15-21(2)16-24(35)5)28(9)32(43-38)19-31-27(8)30(37(42-31)41-29(10)45)20-51-53-36-25(6)17-22(3)18-26(36)7/h19,21-26,33,35-36,42H,11-18,20H2,1-10H3,(H,41,45)(H,43,44,46)(H,48,49,50). The molecule has 308 valence electrons. The Bertz CT molecular complexity index is 1740. The van der Waals surface area contributed by atoms with Crippen LogP contribution in [0.15, 0.2) is 21.8 Å². The van der Waals surface area contributed by atoms with E-state index in [-0.39, 0.29) is 60.3 Å². The van der Waals surface area contributed by atoms with Crippen molar-refractivity contribution < 1.29 is 41.9 Å². The summed E-state index contributed by atoms with van der Waals surface area (Å²) in [6.07, 6.45) is 6.06. The van der Waals surface area contributed by atoms with Crippen molar-refractivity contribution in [3.8, 4) is 0 Å². The summed E-state index contributed by atoms with van der Waals surface area (Å²) in [4.78, 5) is 59.8. The first kappa shape index (κ1) is 44.7. The summed E-state index contributed by atoms with van der Waals surface area (Å²) < 4.78 is 37.7. The molecule has 2 saturated carbocycles. The van der Waals surface area contributed by atoms with E-state index >= 15 is 0 Å². The Balaban J connectivity index is 1.64. The average Bonchev–Trinajstić information content (AvgIpc) is 3.52. The first-order valence-electron chi connectivity index (χ1n) is 19.7. The van der Waals surface area contributed by atoms with Gasteiger partial charge in [0.1, 0.15) is 29.9 Å². The van der Waals surface area contributed by atoms with Gasteiger partial charge in [0.05, 0.1) is 22.8 Å². The number of aromatic amines is 1. The van der Waals surface area contributed by atoms with Crippen LogP contribution in [0.3, 0.4) is 0 Å². The molecule has 2 fully saturated rings. The summed E-state index contributed by atoms with van der Waals surface area (Å²) in [6, 6.07) is 0. The lowest BCUT2D eigenvalue weighted by molar-refractivity contribution is -0.354. The number of nitrogens with one attached hydrogen (secondary N) is 3. The number of allylic oxidation sites excluding steroid dienone is 1. The van der Waals surface area contributed by atoms with Gasteiger partial charge in [0.2, 0.25) is 11.8 Å². The highest BCUT2D eigenvalue weighted by Crippen LogP contribution is 2.38. The maximum atomic E-state index is 14.1. The number of amidine groups is 1. The van der Waals surface area contributed by atoms with Gasteiger partial charge in [-0.05, 0) is 111 Å². The predicted octanol–water partition coefficient (Wildman–Crippen LogP) is 7.39. The van der Waals surface area contributed by atoms with Crippen molar-refractivity contribution in [3.05, 3.63) is 33.7 Å². The topological polar surface area (TPSA) is 185 Å². The molecule has 4 rings (SSSR count). The van der Waals surface area contributed by atoms with Gasteiger partial charge in [-0.3, -0.25) is 14.1 Å². The molecule has 1 aromatic rings. The van der Waals surface area contributed by atoms with E-state index in [0.717, 1.165) is 31.2 Å². The van der Waals surface area contributed by atoms with E-state index in [2.05, 4.69) is 57.2 Å². The molecule has 2 aliphatic carbocycles. The Hall–Kier alpha value is -2.98. The second kappa shape index (κ2) is 19.4. The van der Waals surface area contributed by atoms with Crippen LogP contribution in [0, 0.1) is 42.4 Å². The van der Waals surface area contributed by atoms with Crippen molar-refractivity contribution in [1.29, 1.82) is 0 Å². The van der Waals surface area contributed by atoms with Crippen LogP contribution < -0.4 is 10.6 Å². The summed E-state index contributed by atoms with van der Waals surface area (Å²) in [5.74, 6) is 1.42. The number of amides is 2. The Kier molecular flexibility index (Phi) is 15.8. The molecule has 5 unspecified atom stereocenters. The molecule has 1 aromatic heterocycles.